The number of fused-ring (bicyclic) bond motifs is 1. The van der Waals surface area contributed by atoms with E-state index in [0.717, 1.165) is 11.1 Å². The number of aromatic hydroxyl groups is 2. The molecule has 0 aliphatic rings. The zero-order chi connectivity index (χ0) is 17.4. The summed E-state index contributed by atoms with van der Waals surface area (Å²) in [4.78, 5) is 0. The highest BCUT2D eigenvalue weighted by molar-refractivity contribution is 5.99. The number of phenolic OH excluding ortho intramolecular Hbond substituents is 2. The van der Waals surface area contributed by atoms with Crippen molar-refractivity contribution < 1.29 is 19.0 Å². The lowest BCUT2D eigenvalue weighted by Crippen LogP contribution is -1.87. The maximum Gasteiger partial charge on any atom is 0.368 e. The van der Waals surface area contributed by atoms with Gasteiger partial charge in [-0.3, -0.25) is 0 Å². The van der Waals surface area contributed by atoms with Crippen LogP contribution in [-0.4, -0.2) is 10.2 Å². The Morgan fingerprint density at radius 1 is 0.760 bits per heavy atom. The van der Waals surface area contributed by atoms with E-state index in [1.165, 1.54) is 24.3 Å². The monoisotopic (exact) mass is 333 g/mol. The second kappa shape index (κ2) is 5.91. The summed E-state index contributed by atoms with van der Waals surface area (Å²) in [6.45, 7) is 0. The largest absolute Gasteiger partial charge is 0.507 e. The maximum atomic E-state index is 13.3. The van der Waals surface area contributed by atoms with Gasteiger partial charge in [-0.05, 0) is 29.8 Å². The summed E-state index contributed by atoms with van der Waals surface area (Å²) in [6.07, 6.45) is 0. The Bertz CT molecular complexity index is 1060. The Morgan fingerprint density at radius 3 is 2.20 bits per heavy atom. The molecule has 0 unspecified atom stereocenters. The molecule has 4 heteroatoms. The average Bonchev–Trinajstić information content (AvgIpc) is 2.62. The first-order valence-electron chi connectivity index (χ1n) is 7.76. The molecule has 4 rings (SSSR count). The normalized spacial score (nSPS) is 10.9. The van der Waals surface area contributed by atoms with Crippen molar-refractivity contribution in [2.45, 2.75) is 0 Å². The van der Waals surface area contributed by atoms with Gasteiger partial charge in [-0.1, -0.05) is 30.3 Å². The molecule has 3 nitrogen and oxygen atoms in total. The van der Waals surface area contributed by atoms with Crippen molar-refractivity contribution in [3.63, 3.8) is 0 Å². The Labute approximate surface area is 143 Å². The summed E-state index contributed by atoms with van der Waals surface area (Å²) in [5, 5.41) is 20.6. The van der Waals surface area contributed by atoms with Crippen LogP contribution in [0, 0.1) is 5.82 Å². The van der Waals surface area contributed by atoms with Gasteiger partial charge in [0.25, 0.3) is 0 Å². The number of benzene rings is 3. The molecule has 0 amide bonds. The lowest BCUT2D eigenvalue weighted by molar-refractivity contribution is 0.452. The van der Waals surface area contributed by atoms with E-state index in [2.05, 4.69) is 0 Å². The Morgan fingerprint density at radius 2 is 1.48 bits per heavy atom. The minimum Gasteiger partial charge on any atom is -0.507 e. The lowest BCUT2D eigenvalue weighted by Gasteiger charge is -2.06. The van der Waals surface area contributed by atoms with E-state index in [4.69, 9.17) is 4.42 Å². The first-order chi connectivity index (χ1) is 12.1. The van der Waals surface area contributed by atoms with Crippen LogP contribution in [0.4, 0.5) is 4.39 Å². The Hall–Kier alpha value is -3.40. The summed E-state index contributed by atoms with van der Waals surface area (Å²) in [7, 11) is 0. The lowest BCUT2D eigenvalue weighted by atomic mass is 9.99. The second-order valence-corrected chi connectivity index (χ2v) is 5.74. The summed E-state index contributed by atoms with van der Waals surface area (Å²) < 4.78 is 19.2. The highest BCUT2D eigenvalue weighted by Gasteiger charge is 2.23. The van der Waals surface area contributed by atoms with Gasteiger partial charge in [-0.25, -0.2) is 8.81 Å². The van der Waals surface area contributed by atoms with Crippen LogP contribution in [0.15, 0.2) is 77.2 Å². The predicted molar refractivity (Wildman–Crippen MR) is 94.8 cm³/mol. The van der Waals surface area contributed by atoms with Gasteiger partial charge < -0.3 is 10.2 Å². The van der Waals surface area contributed by atoms with Gasteiger partial charge in [0.1, 0.15) is 22.7 Å². The minimum atomic E-state index is -0.334. The molecule has 0 aliphatic carbocycles. The Balaban J connectivity index is 2.06. The molecule has 0 saturated heterocycles. The van der Waals surface area contributed by atoms with Crippen molar-refractivity contribution in [3.05, 3.63) is 78.6 Å². The van der Waals surface area contributed by atoms with Crippen molar-refractivity contribution in [2.24, 2.45) is 0 Å². The molecule has 1 aromatic heterocycles. The number of hydrogen-bond acceptors (Lipinski definition) is 2. The molecule has 2 N–H and O–H groups in total. The highest BCUT2D eigenvalue weighted by Crippen LogP contribution is 2.40. The van der Waals surface area contributed by atoms with Crippen LogP contribution in [0.25, 0.3) is 33.4 Å². The highest BCUT2D eigenvalue weighted by atomic mass is 19.1. The molecule has 0 aliphatic heterocycles. The van der Waals surface area contributed by atoms with Crippen molar-refractivity contribution in [3.8, 4) is 33.9 Å². The summed E-state index contributed by atoms with van der Waals surface area (Å²) in [5.41, 5.74) is 2.63. The van der Waals surface area contributed by atoms with E-state index < -0.39 is 0 Å². The van der Waals surface area contributed by atoms with E-state index in [0.29, 0.717) is 22.3 Å². The summed E-state index contributed by atoms with van der Waals surface area (Å²) >= 11 is 0. The van der Waals surface area contributed by atoms with Crippen LogP contribution in [0.5, 0.6) is 11.5 Å². The smallest absolute Gasteiger partial charge is 0.368 e. The summed E-state index contributed by atoms with van der Waals surface area (Å²) in [5.74, 6) is 0.0537. The summed E-state index contributed by atoms with van der Waals surface area (Å²) in [6, 6.07) is 20.0. The fourth-order valence-electron chi connectivity index (χ4n) is 2.89. The van der Waals surface area contributed by atoms with Gasteiger partial charge in [-0.2, -0.15) is 0 Å². The van der Waals surface area contributed by atoms with Crippen LogP contribution in [0.1, 0.15) is 0 Å². The van der Waals surface area contributed by atoms with E-state index in [1.807, 2.05) is 36.4 Å². The predicted octanol–water partition coefficient (Wildman–Crippen LogP) is 5.60. The molecule has 0 bridgehead atoms. The third kappa shape index (κ3) is 2.78. The van der Waals surface area contributed by atoms with Crippen LogP contribution >= 0.6 is 0 Å². The van der Waals surface area contributed by atoms with E-state index in [1.54, 1.807) is 12.1 Å². The fourth-order valence-corrected chi connectivity index (χ4v) is 2.89. The number of hydrogen-bond donors (Lipinski definition) is 2. The van der Waals surface area contributed by atoms with Crippen LogP contribution < -0.4 is 0 Å². The van der Waals surface area contributed by atoms with Gasteiger partial charge in [0.05, 0.1) is 17.7 Å². The van der Waals surface area contributed by atoms with Gasteiger partial charge >= 0.3 is 11.3 Å². The average molecular weight is 333 g/mol. The van der Waals surface area contributed by atoms with Crippen molar-refractivity contribution in [1.82, 2.24) is 0 Å². The van der Waals surface area contributed by atoms with Crippen LogP contribution in [-0.2, 0) is 0 Å². The maximum absolute atomic E-state index is 13.3. The minimum absolute atomic E-state index is 0.0935. The number of halogens is 1. The van der Waals surface area contributed by atoms with E-state index in [-0.39, 0.29) is 17.3 Å². The molecule has 4 aromatic rings. The molecule has 0 saturated carbocycles. The van der Waals surface area contributed by atoms with E-state index in [9.17, 15) is 14.6 Å². The number of phenols is 2. The van der Waals surface area contributed by atoms with Crippen molar-refractivity contribution >= 4 is 11.0 Å². The zero-order valence-corrected chi connectivity index (χ0v) is 13.1. The van der Waals surface area contributed by atoms with Crippen LogP contribution in [0.3, 0.4) is 0 Å². The molecule has 0 spiro atoms. The van der Waals surface area contributed by atoms with E-state index >= 15 is 0 Å². The topological polar surface area (TPSA) is 51.8 Å². The third-order valence-corrected chi connectivity index (χ3v) is 4.04. The molecular formula is C21H14FO3+. The molecular weight excluding hydrogens is 319 g/mol. The van der Waals surface area contributed by atoms with Gasteiger partial charge in [-0.15, -0.1) is 0 Å². The molecule has 0 atom stereocenters. The zero-order valence-electron chi connectivity index (χ0n) is 13.1. The second-order valence-electron chi connectivity index (χ2n) is 5.74. The van der Waals surface area contributed by atoms with Gasteiger partial charge in [0.15, 0.2) is 0 Å². The molecule has 3 aromatic carbocycles. The van der Waals surface area contributed by atoms with Gasteiger partial charge in [0.2, 0.25) is 0 Å². The first kappa shape index (κ1) is 15.1. The third-order valence-electron chi connectivity index (χ3n) is 4.04. The molecule has 25 heavy (non-hydrogen) atoms. The van der Waals surface area contributed by atoms with Crippen molar-refractivity contribution in [1.29, 1.82) is 0 Å². The SMILES string of the molecule is Oc1cc(O)c2c(-c3ccc(F)cc3)cc(-c3ccccc3)[o+]c2c1. The first-order valence-corrected chi connectivity index (χ1v) is 7.76. The van der Waals surface area contributed by atoms with Gasteiger partial charge in [0, 0.05) is 11.6 Å². The quantitative estimate of drug-likeness (QED) is 0.470. The molecule has 0 radical (unpaired) electrons. The number of rotatable bonds is 2. The fraction of sp³-hybridized carbons (Fsp3) is 0. The molecule has 1 heterocycles. The molecule has 122 valence electrons. The van der Waals surface area contributed by atoms with Crippen molar-refractivity contribution in [2.75, 3.05) is 0 Å². The molecule has 0 fully saturated rings. The van der Waals surface area contributed by atoms with Crippen LogP contribution in [0.2, 0.25) is 0 Å². The Kier molecular flexibility index (Phi) is 3.58. The standard InChI is InChI=1S/C21H13FO3/c22-15-8-6-13(7-9-15)17-12-19(14-4-2-1-3-5-14)25-20-11-16(23)10-18(24)21(17)20/h1-12H,(H-,23,24)/p+1.